The summed E-state index contributed by atoms with van der Waals surface area (Å²) in [6, 6.07) is 27.6. The van der Waals surface area contributed by atoms with Crippen molar-refractivity contribution in [3.8, 4) is 0 Å². The molecule has 4 rings (SSSR count). The Morgan fingerprint density at radius 2 is 1.45 bits per heavy atom. The minimum absolute atomic E-state index is 0.0561. The molecule has 3 aromatic rings. The molecule has 0 aliphatic carbocycles. The van der Waals surface area contributed by atoms with E-state index in [2.05, 4.69) is 29.2 Å². The van der Waals surface area contributed by atoms with E-state index < -0.39 is 10.1 Å². The summed E-state index contributed by atoms with van der Waals surface area (Å²) < 4.78 is 30.6. The van der Waals surface area contributed by atoms with Crippen LogP contribution in [0.4, 0.5) is 0 Å². The number of aryl methyl sites for hydroxylation is 1. The fourth-order valence-corrected chi connectivity index (χ4v) is 4.71. The number of nitrogens with zero attached hydrogens (tertiary/aromatic N) is 1. The van der Waals surface area contributed by atoms with Crippen LogP contribution in [0.3, 0.4) is 0 Å². The molecule has 1 heterocycles. The van der Waals surface area contributed by atoms with Crippen LogP contribution in [0.15, 0.2) is 89.8 Å². The lowest BCUT2D eigenvalue weighted by Gasteiger charge is -2.46. The second-order valence-corrected chi connectivity index (χ2v) is 9.07. The Bertz CT molecular complexity index is 995. The van der Waals surface area contributed by atoms with Gasteiger partial charge in [0.05, 0.1) is 17.5 Å². The monoisotopic (exact) mass is 407 g/mol. The van der Waals surface area contributed by atoms with Gasteiger partial charge in [-0.25, -0.2) is 0 Å². The summed E-state index contributed by atoms with van der Waals surface area (Å²) in [6.07, 6.45) is 0.916. The van der Waals surface area contributed by atoms with Crippen LogP contribution in [0.2, 0.25) is 0 Å². The third-order valence-electron chi connectivity index (χ3n) is 5.48. The maximum absolute atomic E-state index is 12.6. The molecule has 4 nitrogen and oxygen atoms in total. The van der Waals surface area contributed by atoms with Gasteiger partial charge in [-0.3, -0.25) is 9.08 Å². The lowest BCUT2D eigenvalue weighted by molar-refractivity contribution is 0.0261. The smallest absolute Gasteiger partial charge is 0.287 e. The van der Waals surface area contributed by atoms with Crippen LogP contribution in [0.1, 0.15) is 29.2 Å². The predicted octanol–water partition coefficient (Wildman–Crippen LogP) is 4.56. The van der Waals surface area contributed by atoms with E-state index in [0.717, 1.165) is 18.5 Å². The van der Waals surface area contributed by atoms with Crippen LogP contribution in [0.5, 0.6) is 0 Å². The number of rotatable bonds is 7. The Hall–Kier alpha value is -2.47. The number of hydrogen-bond acceptors (Lipinski definition) is 4. The Morgan fingerprint density at radius 3 is 1.93 bits per heavy atom. The number of benzene rings is 3. The van der Waals surface area contributed by atoms with Crippen molar-refractivity contribution in [1.29, 1.82) is 0 Å². The molecule has 5 heteroatoms. The summed E-state index contributed by atoms with van der Waals surface area (Å²) >= 11 is 0. The summed E-state index contributed by atoms with van der Waals surface area (Å²) in [5.41, 5.74) is 3.41. The van der Waals surface area contributed by atoms with Gasteiger partial charge in [0.25, 0.3) is 10.1 Å². The van der Waals surface area contributed by atoms with Crippen molar-refractivity contribution in [2.75, 3.05) is 13.2 Å². The average molecular weight is 408 g/mol. The van der Waals surface area contributed by atoms with Crippen LogP contribution in [0.25, 0.3) is 0 Å². The second-order valence-electron chi connectivity index (χ2n) is 7.46. The van der Waals surface area contributed by atoms with Crippen molar-refractivity contribution in [3.63, 3.8) is 0 Å². The molecule has 0 N–H and O–H groups in total. The van der Waals surface area contributed by atoms with Gasteiger partial charge in [-0.15, -0.1) is 0 Å². The summed E-state index contributed by atoms with van der Waals surface area (Å²) in [5, 5.41) is 0. The highest BCUT2D eigenvalue weighted by atomic mass is 32.2. The molecule has 150 valence electrons. The molecule has 0 amide bonds. The average Bonchev–Trinajstić information content (AvgIpc) is 2.72. The summed E-state index contributed by atoms with van der Waals surface area (Å²) in [4.78, 5) is 2.53. The topological polar surface area (TPSA) is 46.6 Å². The third-order valence-corrected chi connectivity index (χ3v) is 6.77. The highest BCUT2D eigenvalue weighted by Gasteiger charge is 2.36. The molecule has 1 aliphatic heterocycles. The fraction of sp³-hybridized carbons (Fsp3) is 0.250. The number of hydrogen-bond donors (Lipinski definition) is 0. The van der Waals surface area contributed by atoms with Crippen molar-refractivity contribution in [2.45, 2.75) is 30.3 Å². The SMILES string of the molecule is Cc1ccc(S(=O)(=O)OCC2CCN2C(c2ccccc2)c2ccccc2)cc1. The van der Waals surface area contributed by atoms with E-state index in [9.17, 15) is 8.42 Å². The van der Waals surface area contributed by atoms with E-state index in [0.29, 0.717) is 0 Å². The van der Waals surface area contributed by atoms with Gasteiger partial charge in [-0.1, -0.05) is 78.4 Å². The van der Waals surface area contributed by atoms with Crippen molar-refractivity contribution < 1.29 is 12.6 Å². The van der Waals surface area contributed by atoms with E-state index in [-0.39, 0.29) is 23.6 Å². The van der Waals surface area contributed by atoms with E-state index >= 15 is 0 Å². The van der Waals surface area contributed by atoms with Crippen molar-refractivity contribution >= 4 is 10.1 Å². The van der Waals surface area contributed by atoms with Gasteiger partial charge < -0.3 is 0 Å². The first-order valence-corrected chi connectivity index (χ1v) is 11.3. The van der Waals surface area contributed by atoms with Crippen LogP contribution >= 0.6 is 0 Å². The minimum atomic E-state index is -3.75. The lowest BCUT2D eigenvalue weighted by Crippen LogP contribution is -2.52. The zero-order valence-corrected chi connectivity index (χ0v) is 17.3. The fourth-order valence-electron chi connectivity index (χ4n) is 3.77. The van der Waals surface area contributed by atoms with Gasteiger partial charge in [0.1, 0.15) is 0 Å². The van der Waals surface area contributed by atoms with E-state index in [1.807, 2.05) is 43.3 Å². The Morgan fingerprint density at radius 1 is 0.897 bits per heavy atom. The molecule has 0 saturated carbocycles. The normalized spacial score (nSPS) is 17.2. The number of likely N-dealkylation sites (tertiary alicyclic amines) is 1. The van der Waals surface area contributed by atoms with Crippen LogP contribution in [0, 0.1) is 6.92 Å². The lowest BCUT2D eigenvalue weighted by atomic mass is 9.91. The minimum Gasteiger partial charge on any atom is -0.287 e. The first-order valence-electron chi connectivity index (χ1n) is 9.86. The van der Waals surface area contributed by atoms with Gasteiger partial charge >= 0.3 is 0 Å². The van der Waals surface area contributed by atoms with Crippen LogP contribution in [-0.4, -0.2) is 32.5 Å². The van der Waals surface area contributed by atoms with Crippen LogP contribution in [-0.2, 0) is 14.3 Å². The third kappa shape index (κ3) is 4.42. The molecule has 1 unspecified atom stereocenters. The highest BCUT2D eigenvalue weighted by Crippen LogP contribution is 2.36. The standard InChI is InChI=1S/C24H25NO3S/c1-19-12-14-23(15-13-19)29(26,27)28-18-22-16-17-25(22)24(20-8-4-2-5-9-20)21-10-6-3-7-11-21/h2-15,22,24H,16-18H2,1H3. The maximum Gasteiger partial charge on any atom is 0.297 e. The Labute approximate surface area is 172 Å². The Kier molecular flexibility index (Phi) is 5.81. The van der Waals surface area contributed by atoms with Gasteiger partial charge in [0.2, 0.25) is 0 Å². The van der Waals surface area contributed by atoms with Crippen molar-refractivity contribution in [2.24, 2.45) is 0 Å². The van der Waals surface area contributed by atoms with Crippen LogP contribution < -0.4 is 0 Å². The van der Waals surface area contributed by atoms with Crippen molar-refractivity contribution in [3.05, 3.63) is 102 Å². The van der Waals surface area contributed by atoms with Gasteiger partial charge in [0, 0.05) is 12.6 Å². The van der Waals surface area contributed by atoms with Gasteiger partial charge in [0.15, 0.2) is 0 Å². The van der Waals surface area contributed by atoms with E-state index in [1.54, 1.807) is 24.3 Å². The molecule has 0 bridgehead atoms. The molecule has 0 spiro atoms. The highest BCUT2D eigenvalue weighted by molar-refractivity contribution is 7.86. The molecule has 1 fully saturated rings. The molecule has 1 saturated heterocycles. The van der Waals surface area contributed by atoms with Crippen molar-refractivity contribution in [1.82, 2.24) is 4.90 Å². The van der Waals surface area contributed by atoms with Gasteiger partial charge in [-0.05, 0) is 36.6 Å². The Balaban J connectivity index is 1.52. The summed E-state index contributed by atoms with van der Waals surface area (Å²) in [7, 11) is -3.75. The zero-order chi connectivity index (χ0) is 20.3. The predicted molar refractivity (Wildman–Crippen MR) is 114 cm³/mol. The largest absolute Gasteiger partial charge is 0.297 e. The maximum atomic E-state index is 12.6. The quantitative estimate of drug-likeness (QED) is 0.539. The molecular weight excluding hydrogens is 382 g/mol. The zero-order valence-electron chi connectivity index (χ0n) is 16.4. The molecule has 0 radical (unpaired) electrons. The van der Waals surface area contributed by atoms with Gasteiger partial charge in [-0.2, -0.15) is 8.42 Å². The molecule has 3 aromatic carbocycles. The van der Waals surface area contributed by atoms with E-state index in [4.69, 9.17) is 4.18 Å². The van der Waals surface area contributed by atoms with E-state index in [1.165, 1.54) is 11.1 Å². The second kappa shape index (κ2) is 8.49. The first-order chi connectivity index (χ1) is 14.0. The summed E-state index contributed by atoms with van der Waals surface area (Å²) in [5.74, 6) is 0. The molecule has 0 aromatic heterocycles. The molecular formula is C24H25NO3S. The summed E-state index contributed by atoms with van der Waals surface area (Å²) in [6.45, 7) is 3.00. The molecule has 1 atom stereocenters. The first kappa shape index (κ1) is 19.8. The molecule has 29 heavy (non-hydrogen) atoms. The molecule has 1 aliphatic rings.